The van der Waals surface area contributed by atoms with Gasteiger partial charge in [-0.2, -0.15) is 5.10 Å². The first kappa shape index (κ1) is 17.9. The highest BCUT2D eigenvalue weighted by Crippen LogP contribution is 2.21. The molecule has 2 fully saturated rings. The second-order valence-corrected chi connectivity index (χ2v) is 7.14. The molecule has 2 saturated heterocycles. The third kappa shape index (κ3) is 5.29. The SMILES string of the molecule is O=C(NCCN1CCCCCC1)[C@@H]1CCCN(c2cn[nH]c(=O)c2)C1. The fourth-order valence-electron chi connectivity index (χ4n) is 3.81. The Morgan fingerprint density at radius 3 is 2.76 bits per heavy atom. The molecule has 1 aromatic heterocycles. The van der Waals surface area contributed by atoms with E-state index in [1.807, 2.05) is 0 Å². The molecule has 1 amide bonds. The number of aromatic nitrogens is 2. The van der Waals surface area contributed by atoms with Crippen molar-refractivity contribution in [3.05, 3.63) is 22.6 Å². The second-order valence-electron chi connectivity index (χ2n) is 7.14. The van der Waals surface area contributed by atoms with Crippen LogP contribution in [0.3, 0.4) is 0 Å². The quantitative estimate of drug-likeness (QED) is 0.830. The molecule has 1 aromatic rings. The number of likely N-dealkylation sites (tertiary alicyclic amines) is 1. The highest BCUT2D eigenvalue weighted by molar-refractivity contribution is 5.79. The molecule has 3 rings (SSSR count). The van der Waals surface area contributed by atoms with Crippen LogP contribution in [0, 0.1) is 5.92 Å². The van der Waals surface area contributed by atoms with Crippen molar-refractivity contribution in [2.75, 3.05) is 44.2 Å². The van der Waals surface area contributed by atoms with Crippen molar-refractivity contribution >= 4 is 11.6 Å². The Balaban J connectivity index is 1.46. The molecule has 0 radical (unpaired) electrons. The van der Waals surface area contributed by atoms with E-state index < -0.39 is 0 Å². The van der Waals surface area contributed by atoms with Gasteiger partial charge in [0, 0.05) is 32.2 Å². The van der Waals surface area contributed by atoms with Crippen LogP contribution in [0.4, 0.5) is 5.69 Å². The first-order chi connectivity index (χ1) is 12.2. The summed E-state index contributed by atoms with van der Waals surface area (Å²) in [5, 5.41) is 9.36. The first-order valence-electron chi connectivity index (χ1n) is 9.52. The fourth-order valence-corrected chi connectivity index (χ4v) is 3.81. The topological polar surface area (TPSA) is 81.3 Å². The van der Waals surface area contributed by atoms with Gasteiger partial charge in [0.05, 0.1) is 17.8 Å². The minimum Gasteiger partial charge on any atom is -0.369 e. The van der Waals surface area contributed by atoms with Crippen molar-refractivity contribution in [1.29, 1.82) is 0 Å². The summed E-state index contributed by atoms with van der Waals surface area (Å²) in [5.41, 5.74) is 0.590. The second kappa shape index (κ2) is 8.99. The third-order valence-electron chi connectivity index (χ3n) is 5.23. The molecule has 0 unspecified atom stereocenters. The molecular formula is C18H29N5O2. The maximum absolute atomic E-state index is 12.5. The van der Waals surface area contributed by atoms with Crippen molar-refractivity contribution in [2.24, 2.45) is 5.92 Å². The minimum absolute atomic E-state index is 0.0165. The smallest absolute Gasteiger partial charge is 0.266 e. The zero-order chi connectivity index (χ0) is 17.5. The van der Waals surface area contributed by atoms with Gasteiger partial charge in [0.15, 0.2) is 0 Å². The van der Waals surface area contributed by atoms with E-state index in [0.29, 0.717) is 6.54 Å². The first-order valence-corrected chi connectivity index (χ1v) is 9.52. The molecule has 2 aliphatic rings. The number of hydrogen-bond donors (Lipinski definition) is 2. The molecule has 25 heavy (non-hydrogen) atoms. The van der Waals surface area contributed by atoms with Crippen LogP contribution in [-0.4, -0.2) is 60.3 Å². The van der Waals surface area contributed by atoms with E-state index in [1.165, 1.54) is 25.7 Å². The molecule has 1 atom stereocenters. The molecule has 0 bridgehead atoms. The molecule has 2 N–H and O–H groups in total. The highest BCUT2D eigenvalue weighted by atomic mass is 16.2. The van der Waals surface area contributed by atoms with Gasteiger partial charge in [-0.05, 0) is 38.8 Å². The highest BCUT2D eigenvalue weighted by Gasteiger charge is 2.26. The number of carbonyl (C=O) groups excluding carboxylic acids is 1. The minimum atomic E-state index is -0.207. The number of aromatic amines is 1. The number of carbonyl (C=O) groups is 1. The maximum atomic E-state index is 12.5. The molecule has 0 aliphatic carbocycles. The average molecular weight is 347 g/mol. The van der Waals surface area contributed by atoms with Crippen LogP contribution in [0.25, 0.3) is 0 Å². The molecule has 2 aliphatic heterocycles. The lowest BCUT2D eigenvalue weighted by Gasteiger charge is -2.33. The van der Waals surface area contributed by atoms with E-state index in [-0.39, 0.29) is 17.4 Å². The number of rotatable bonds is 5. The standard InChI is InChI=1S/C18H29N5O2/c24-17-12-16(13-20-21-17)23-10-5-6-15(14-23)18(25)19-7-11-22-8-3-1-2-4-9-22/h12-13,15H,1-11,14H2,(H,19,25)(H,21,24)/t15-/m1/s1. The molecule has 7 nitrogen and oxygen atoms in total. The fraction of sp³-hybridized carbons (Fsp3) is 0.722. The van der Waals surface area contributed by atoms with Gasteiger partial charge in [0.1, 0.15) is 0 Å². The van der Waals surface area contributed by atoms with E-state index in [4.69, 9.17) is 0 Å². The molecule has 7 heteroatoms. The van der Waals surface area contributed by atoms with Crippen LogP contribution in [0.15, 0.2) is 17.1 Å². The van der Waals surface area contributed by atoms with Crippen LogP contribution in [0.2, 0.25) is 0 Å². The molecule has 0 aromatic carbocycles. The largest absolute Gasteiger partial charge is 0.369 e. The van der Waals surface area contributed by atoms with Crippen LogP contribution < -0.4 is 15.8 Å². The van der Waals surface area contributed by atoms with Crippen molar-refractivity contribution in [2.45, 2.75) is 38.5 Å². The third-order valence-corrected chi connectivity index (χ3v) is 5.23. The van der Waals surface area contributed by atoms with E-state index >= 15 is 0 Å². The van der Waals surface area contributed by atoms with E-state index in [1.54, 1.807) is 12.3 Å². The van der Waals surface area contributed by atoms with Crippen LogP contribution >= 0.6 is 0 Å². The summed E-state index contributed by atoms with van der Waals surface area (Å²) in [6.07, 6.45) is 8.72. The van der Waals surface area contributed by atoms with Crippen molar-refractivity contribution in [3.63, 3.8) is 0 Å². The Bertz CT molecular complexity index is 609. The van der Waals surface area contributed by atoms with Gasteiger partial charge in [-0.15, -0.1) is 0 Å². The van der Waals surface area contributed by atoms with Crippen molar-refractivity contribution in [1.82, 2.24) is 20.4 Å². The van der Waals surface area contributed by atoms with E-state index in [9.17, 15) is 9.59 Å². The number of piperidine rings is 1. The predicted molar refractivity (Wildman–Crippen MR) is 97.7 cm³/mol. The van der Waals surface area contributed by atoms with Gasteiger partial charge in [-0.3, -0.25) is 9.59 Å². The maximum Gasteiger partial charge on any atom is 0.266 e. The van der Waals surface area contributed by atoms with Gasteiger partial charge in [0.25, 0.3) is 5.56 Å². The summed E-state index contributed by atoms with van der Waals surface area (Å²) < 4.78 is 0. The Morgan fingerprint density at radius 1 is 1.20 bits per heavy atom. The van der Waals surface area contributed by atoms with Crippen molar-refractivity contribution < 1.29 is 4.79 Å². The summed E-state index contributed by atoms with van der Waals surface area (Å²) in [5.74, 6) is 0.120. The molecule has 0 spiro atoms. The Kier molecular flexibility index (Phi) is 6.44. The van der Waals surface area contributed by atoms with Crippen LogP contribution in [-0.2, 0) is 4.79 Å². The molecule has 3 heterocycles. The van der Waals surface area contributed by atoms with Gasteiger partial charge in [-0.1, -0.05) is 12.8 Å². The monoisotopic (exact) mass is 347 g/mol. The number of H-pyrrole nitrogens is 1. The zero-order valence-corrected chi connectivity index (χ0v) is 14.9. The predicted octanol–water partition coefficient (Wildman–Crippen LogP) is 0.978. The van der Waals surface area contributed by atoms with Gasteiger partial charge in [-0.25, -0.2) is 5.10 Å². The zero-order valence-electron chi connectivity index (χ0n) is 14.9. The number of amides is 1. The van der Waals surface area contributed by atoms with Crippen LogP contribution in [0.1, 0.15) is 38.5 Å². The summed E-state index contributed by atoms with van der Waals surface area (Å²) >= 11 is 0. The lowest BCUT2D eigenvalue weighted by atomic mass is 9.97. The number of anilines is 1. The molecule has 138 valence electrons. The lowest BCUT2D eigenvalue weighted by molar-refractivity contribution is -0.125. The molecule has 0 saturated carbocycles. The lowest BCUT2D eigenvalue weighted by Crippen LogP contribution is -2.45. The Labute approximate surface area is 148 Å². The number of nitrogens with one attached hydrogen (secondary N) is 2. The van der Waals surface area contributed by atoms with Gasteiger partial charge < -0.3 is 15.1 Å². The molecular weight excluding hydrogens is 318 g/mol. The summed E-state index contributed by atoms with van der Waals surface area (Å²) in [6, 6.07) is 1.55. The summed E-state index contributed by atoms with van der Waals surface area (Å²) in [4.78, 5) is 28.5. The van der Waals surface area contributed by atoms with E-state index in [2.05, 4.69) is 25.3 Å². The Hall–Kier alpha value is -1.89. The van der Waals surface area contributed by atoms with Crippen molar-refractivity contribution in [3.8, 4) is 0 Å². The number of hydrogen-bond acceptors (Lipinski definition) is 5. The average Bonchev–Trinajstić information content (AvgIpc) is 2.91. The number of nitrogens with zero attached hydrogens (tertiary/aromatic N) is 3. The normalized spacial score (nSPS) is 22.4. The summed E-state index contributed by atoms with van der Waals surface area (Å²) in [6.45, 7) is 5.50. The van der Waals surface area contributed by atoms with Gasteiger partial charge in [0.2, 0.25) is 5.91 Å². The van der Waals surface area contributed by atoms with Crippen LogP contribution in [0.5, 0.6) is 0 Å². The Morgan fingerprint density at radius 2 is 2.00 bits per heavy atom. The van der Waals surface area contributed by atoms with E-state index in [0.717, 1.165) is 51.3 Å². The van der Waals surface area contributed by atoms with Gasteiger partial charge >= 0.3 is 0 Å². The summed E-state index contributed by atoms with van der Waals surface area (Å²) in [7, 11) is 0.